The smallest absolute Gasteiger partial charge is 0.254 e. The van der Waals surface area contributed by atoms with Crippen LogP contribution in [0.2, 0.25) is 0 Å². The van der Waals surface area contributed by atoms with E-state index in [1.165, 1.54) is 14.7 Å². The molecule has 0 fully saturated rings. The van der Waals surface area contributed by atoms with Crippen LogP contribution in [0.3, 0.4) is 0 Å². The Morgan fingerprint density at radius 3 is 0.700 bits per heavy atom. The van der Waals surface area contributed by atoms with E-state index in [-0.39, 0.29) is 10.9 Å². The molecule has 3 aromatic carbocycles. The molecule has 0 bridgehead atoms. The van der Waals surface area contributed by atoms with Gasteiger partial charge in [0, 0.05) is 0 Å². The van der Waals surface area contributed by atoms with E-state index in [1.54, 1.807) is 0 Å². The Hall–Kier alpha value is -3.19. The molecule has 0 atom stereocenters. The Balaban J connectivity index is 0.000000384. The Bertz CT molecular complexity index is 1700. The van der Waals surface area contributed by atoms with Crippen LogP contribution in [0.4, 0.5) is 65.9 Å². The molecule has 3 rings (SSSR count). The zero-order chi connectivity index (χ0) is 39.0. The number of hydrogen-bond donors (Lipinski definition) is 0. The van der Waals surface area contributed by atoms with Crippen molar-refractivity contribution in [3.63, 3.8) is 0 Å². The van der Waals surface area contributed by atoms with Crippen molar-refractivity contribution in [2.45, 2.75) is 49.0 Å². The third-order valence-electron chi connectivity index (χ3n) is 5.60. The summed E-state index contributed by atoms with van der Waals surface area (Å²) in [7, 11) is -27.7. The minimum absolute atomic E-state index is 0.0146. The molecule has 50 heavy (non-hydrogen) atoms. The highest BCUT2D eigenvalue weighted by atomic mass is 32.3. The average molecular weight is 825 g/mol. The number of hydrogen-bond acceptors (Lipinski definition) is 6. The summed E-state index contributed by atoms with van der Waals surface area (Å²) in [6.07, 6.45) is -23.4. The van der Waals surface area contributed by atoms with Crippen LogP contribution in [0, 0.1) is 3.91 Å². The normalized spacial score (nSPS) is 14.3. The summed E-state index contributed by atoms with van der Waals surface area (Å²) < 4.78 is 249. The minimum Gasteiger partial charge on any atom is -0.254 e. The van der Waals surface area contributed by atoms with Gasteiger partial charge in [-0.25, -0.2) is 0 Å². The monoisotopic (exact) mass is 824 g/mol. The first-order valence-corrected chi connectivity index (χ1v) is 17.8. The van der Waals surface area contributed by atoms with Gasteiger partial charge in [-0.05, 0) is 36.4 Å². The van der Waals surface area contributed by atoms with Crippen molar-refractivity contribution >= 4 is 40.4 Å². The molecule has 0 aliphatic heterocycles. The van der Waals surface area contributed by atoms with Gasteiger partial charge in [-0.15, -0.1) is 0 Å². The minimum atomic E-state index is -9.24. The molecule has 0 saturated heterocycles. The molecular formula is C25H15F15O6S4. The molecule has 280 valence electrons. The van der Waals surface area contributed by atoms with E-state index >= 15 is 0 Å². The number of halogens is 15. The number of sulfone groups is 3. The average Bonchev–Trinajstić information content (AvgIpc) is 2.97. The van der Waals surface area contributed by atoms with Crippen LogP contribution in [0.25, 0.3) is 0 Å². The van der Waals surface area contributed by atoms with E-state index in [0.29, 0.717) is 0 Å². The fourth-order valence-corrected chi connectivity index (χ4v) is 12.3. The van der Waals surface area contributed by atoms with Crippen molar-refractivity contribution in [2.75, 3.05) is 0 Å². The second-order valence-corrected chi connectivity index (χ2v) is 17.6. The predicted molar refractivity (Wildman–Crippen MR) is 144 cm³/mol. The van der Waals surface area contributed by atoms with Gasteiger partial charge in [0.2, 0.25) is 0 Å². The highest BCUT2D eigenvalue weighted by Crippen LogP contribution is 2.56. The molecule has 0 amide bonds. The molecule has 25 heteroatoms. The van der Waals surface area contributed by atoms with Crippen LogP contribution in [-0.2, 0) is 40.4 Å². The third-order valence-corrected chi connectivity index (χ3v) is 15.8. The second kappa shape index (κ2) is 14.1. The maximum absolute atomic E-state index is 13.1. The van der Waals surface area contributed by atoms with Gasteiger partial charge in [0.15, 0.2) is 14.7 Å². The Morgan fingerprint density at radius 2 is 0.540 bits per heavy atom. The largest absolute Gasteiger partial charge is 0.466 e. The highest BCUT2D eigenvalue weighted by molar-refractivity contribution is 8.29. The Morgan fingerprint density at radius 1 is 0.360 bits per heavy atom. The summed E-state index contributed by atoms with van der Waals surface area (Å²) in [4.78, 5) is 4.08. The van der Waals surface area contributed by atoms with Crippen LogP contribution in [0.1, 0.15) is 0 Å². The Kier molecular flexibility index (Phi) is 12.1. The molecule has 0 spiro atoms. The van der Waals surface area contributed by atoms with E-state index in [0.717, 1.165) is 0 Å². The lowest BCUT2D eigenvalue weighted by Gasteiger charge is -2.38. The molecule has 0 radical (unpaired) electrons. The van der Waals surface area contributed by atoms with Crippen molar-refractivity contribution in [1.82, 2.24) is 0 Å². The predicted octanol–water partition coefficient (Wildman–Crippen LogP) is 7.93. The molecule has 0 heterocycles. The quantitative estimate of drug-likeness (QED) is 0.124. The standard InChI is InChI=1S/C18H15S.C7F15O6S3/c1-4-10-16(11-5-1)19(17-12-6-2-7-13-17)18-14-8-3-9-15-18;8-2(9,10)5(17,18)29(23,24)1(30(25,26)6(19,20)3(11,12)13)31(27,28)7(21,22)4(14,15)16/h1-15H;/q+1;-1. The first-order chi connectivity index (χ1) is 22.3. The van der Waals surface area contributed by atoms with E-state index in [2.05, 4.69) is 91.0 Å². The second-order valence-electron chi connectivity index (χ2n) is 9.05. The summed E-state index contributed by atoms with van der Waals surface area (Å²) in [5.74, 6) is 0. The maximum atomic E-state index is 13.1. The van der Waals surface area contributed by atoms with E-state index in [9.17, 15) is 91.1 Å². The lowest BCUT2D eigenvalue weighted by Crippen LogP contribution is -2.58. The lowest BCUT2D eigenvalue weighted by atomic mass is 10.4. The molecule has 0 unspecified atom stereocenters. The fourth-order valence-electron chi connectivity index (χ4n) is 3.28. The number of alkyl halides is 15. The zero-order valence-corrected chi connectivity index (χ0v) is 26.7. The van der Waals surface area contributed by atoms with Gasteiger partial charge < -0.3 is 0 Å². The van der Waals surface area contributed by atoms with Gasteiger partial charge in [-0.1, -0.05) is 54.6 Å². The van der Waals surface area contributed by atoms with Crippen molar-refractivity contribution in [1.29, 1.82) is 0 Å². The molecule has 0 N–H and O–H groups in total. The first-order valence-electron chi connectivity index (χ1n) is 12.2. The Labute approximate surface area is 275 Å². The van der Waals surface area contributed by atoms with Gasteiger partial charge in [-0.2, -0.15) is 65.9 Å². The lowest BCUT2D eigenvalue weighted by molar-refractivity contribution is -0.242. The van der Waals surface area contributed by atoms with Crippen LogP contribution < -0.4 is 0 Å². The number of rotatable bonds is 9. The van der Waals surface area contributed by atoms with Gasteiger partial charge in [0.1, 0.15) is 29.5 Å². The summed E-state index contributed by atoms with van der Waals surface area (Å²) in [5.41, 5.74) is 0. The van der Waals surface area contributed by atoms with Crippen molar-refractivity contribution in [2.24, 2.45) is 0 Å². The summed E-state index contributed by atoms with van der Waals surface area (Å²) in [6, 6.07) is 32.2. The van der Waals surface area contributed by atoms with Crippen LogP contribution in [0.5, 0.6) is 0 Å². The molecule has 0 aliphatic carbocycles. The molecule has 6 nitrogen and oxygen atoms in total. The third kappa shape index (κ3) is 7.83. The topological polar surface area (TPSA) is 102 Å². The summed E-state index contributed by atoms with van der Waals surface area (Å²) in [5, 5.41) is -24.2. The summed E-state index contributed by atoms with van der Waals surface area (Å²) >= 11 is 0. The van der Waals surface area contributed by atoms with Crippen LogP contribution in [-0.4, -0.2) is 59.5 Å². The fraction of sp³-hybridized carbons (Fsp3) is 0.240. The van der Waals surface area contributed by atoms with E-state index in [1.807, 2.05) is 0 Å². The summed E-state index contributed by atoms with van der Waals surface area (Å²) in [6.45, 7) is 0. The van der Waals surface area contributed by atoms with E-state index in [4.69, 9.17) is 0 Å². The molecule has 0 saturated carbocycles. The molecule has 0 aromatic heterocycles. The van der Waals surface area contributed by atoms with Gasteiger partial charge in [0.05, 0.1) is 14.8 Å². The molecular weight excluding hydrogens is 810 g/mol. The van der Waals surface area contributed by atoms with Crippen LogP contribution in [0.15, 0.2) is 106 Å². The van der Waals surface area contributed by atoms with Gasteiger partial charge >= 0.3 is 34.3 Å². The zero-order valence-electron chi connectivity index (χ0n) is 23.4. The van der Waals surface area contributed by atoms with Crippen molar-refractivity contribution in [3.05, 3.63) is 94.9 Å². The number of benzene rings is 3. The van der Waals surface area contributed by atoms with Crippen LogP contribution >= 0.6 is 0 Å². The highest BCUT2D eigenvalue weighted by Gasteiger charge is 2.77. The SMILES string of the molecule is O=S(=O)([C-](S(=O)(=O)C(F)(F)C(F)(F)F)S(=O)(=O)C(F)(F)C(F)(F)F)C(F)(F)C(F)(F)F.c1ccc([S+](c2ccccc2)c2ccccc2)cc1. The molecule has 3 aromatic rings. The van der Waals surface area contributed by atoms with Gasteiger partial charge in [-0.3, -0.25) is 25.3 Å². The van der Waals surface area contributed by atoms with Gasteiger partial charge in [0.25, 0.3) is 0 Å². The van der Waals surface area contributed by atoms with Crippen molar-refractivity contribution < 1.29 is 91.1 Å². The van der Waals surface area contributed by atoms with Crippen molar-refractivity contribution in [3.8, 4) is 0 Å². The van der Waals surface area contributed by atoms with E-state index < -0.39 is 67.7 Å². The first kappa shape index (κ1) is 43.0. The molecule has 0 aliphatic rings. The maximum Gasteiger partial charge on any atom is 0.466 e.